The summed E-state index contributed by atoms with van der Waals surface area (Å²) in [6, 6.07) is 10.5. The summed E-state index contributed by atoms with van der Waals surface area (Å²) in [4.78, 5) is 13.1. The highest BCUT2D eigenvalue weighted by Crippen LogP contribution is 2.30. The molecule has 0 fully saturated rings. The van der Waals surface area contributed by atoms with E-state index in [1.54, 1.807) is 12.1 Å². The van der Waals surface area contributed by atoms with E-state index in [4.69, 9.17) is 9.97 Å². The number of nitrogens with zero attached hydrogens (tertiary/aromatic N) is 3. The van der Waals surface area contributed by atoms with E-state index in [0.29, 0.717) is 11.5 Å². The zero-order valence-electron chi connectivity index (χ0n) is 17.7. The molecule has 1 aromatic carbocycles. The minimum absolute atomic E-state index is 0.298. The molecule has 4 heterocycles. The number of imidazole rings is 1. The molecule has 32 heavy (non-hydrogen) atoms. The topological polar surface area (TPSA) is 82.3 Å². The molecule has 0 saturated heterocycles. The summed E-state index contributed by atoms with van der Waals surface area (Å²) < 4.78 is 13.9. The predicted octanol–water partition coefficient (Wildman–Crippen LogP) is 4.79. The molecule has 1 aliphatic rings. The third-order valence-electron chi connectivity index (χ3n) is 5.58. The number of allylic oxidation sites excluding steroid dienone is 2. The van der Waals surface area contributed by atoms with E-state index in [1.807, 2.05) is 31.2 Å². The van der Waals surface area contributed by atoms with Crippen LogP contribution in [0, 0.1) is 12.7 Å². The van der Waals surface area contributed by atoms with Gasteiger partial charge < -0.3 is 10.3 Å². The van der Waals surface area contributed by atoms with Gasteiger partial charge in [-0.1, -0.05) is 36.9 Å². The third kappa shape index (κ3) is 3.67. The lowest BCUT2D eigenvalue weighted by atomic mass is 10.0. The molecule has 0 radical (unpaired) electrons. The van der Waals surface area contributed by atoms with Gasteiger partial charge in [-0.05, 0) is 55.3 Å². The number of aromatic nitrogens is 5. The average molecular weight is 426 g/mol. The van der Waals surface area contributed by atoms with E-state index in [2.05, 4.69) is 33.2 Å². The van der Waals surface area contributed by atoms with Gasteiger partial charge in [-0.15, -0.1) is 0 Å². The minimum Gasteiger partial charge on any atom is -0.340 e. The summed E-state index contributed by atoms with van der Waals surface area (Å²) in [6.45, 7) is 7.55. The molecule has 3 N–H and O–H groups in total. The second-order valence-electron chi connectivity index (χ2n) is 7.73. The first-order valence-electron chi connectivity index (χ1n) is 10.6. The number of hydrogen-bond donors (Lipinski definition) is 3. The molecule has 0 spiro atoms. The third-order valence-corrected chi connectivity index (χ3v) is 5.58. The number of nitrogens with one attached hydrogen (secondary N) is 3. The van der Waals surface area contributed by atoms with Crippen LogP contribution in [0.1, 0.15) is 29.1 Å². The number of hydrogen-bond acceptors (Lipinski definition) is 4. The number of benzene rings is 1. The van der Waals surface area contributed by atoms with Gasteiger partial charge in [0.15, 0.2) is 11.5 Å². The van der Waals surface area contributed by atoms with Crippen molar-refractivity contribution in [3.8, 4) is 11.5 Å². The van der Waals surface area contributed by atoms with E-state index in [0.717, 1.165) is 58.8 Å². The first-order valence-corrected chi connectivity index (χ1v) is 10.6. The molecule has 160 valence electrons. The Balaban J connectivity index is 1.59. The number of pyridine rings is 1. The maximum Gasteiger partial charge on any atom is 0.161 e. The van der Waals surface area contributed by atoms with Gasteiger partial charge in [0.1, 0.15) is 11.3 Å². The van der Waals surface area contributed by atoms with Crippen LogP contribution in [0.4, 0.5) is 4.39 Å². The molecule has 0 saturated carbocycles. The largest absolute Gasteiger partial charge is 0.340 e. The molecule has 0 atom stereocenters. The molecule has 5 rings (SSSR count). The molecular weight excluding hydrogens is 403 g/mol. The van der Waals surface area contributed by atoms with Gasteiger partial charge in [-0.3, -0.25) is 5.10 Å². The number of fused-ring (bicyclic) bond motifs is 1. The van der Waals surface area contributed by atoms with Crippen molar-refractivity contribution >= 4 is 22.2 Å². The Morgan fingerprint density at radius 2 is 2.09 bits per heavy atom. The van der Waals surface area contributed by atoms with Crippen LogP contribution in [0.5, 0.6) is 0 Å². The highest BCUT2D eigenvalue weighted by Gasteiger charge is 2.19. The summed E-state index contributed by atoms with van der Waals surface area (Å²) in [5.41, 5.74) is 7.55. The zero-order valence-corrected chi connectivity index (χ0v) is 17.7. The Morgan fingerprint density at radius 1 is 1.19 bits per heavy atom. The summed E-state index contributed by atoms with van der Waals surface area (Å²) in [7, 11) is 0. The maximum absolute atomic E-state index is 13.9. The van der Waals surface area contributed by atoms with Gasteiger partial charge in [0.05, 0.1) is 16.9 Å². The van der Waals surface area contributed by atoms with Crippen molar-refractivity contribution in [1.29, 1.82) is 0 Å². The van der Waals surface area contributed by atoms with Gasteiger partial charge in [0, 0.05) is 17.8 Å². The molecule has 0 amide bonds. The second kappa shape index (κ2) is 8.36. The lowest BCUT2D eigenvalue weighted by Crippen LogP contribution is -2.20. The smallest absolute Gasteiger partial charge is 0.161 e. The predicted molar refractivity (Wildman–Crippen MR) is 125 cm³/mol. The standard InChI is InChI=1S/C25H23FN6/c1-3-5-19(17-6-4-7-18(26)14-17)22-15(2)28-25(30-22)24-23-21(31-32-24)9-8-20(29-23)16-10-12-27-13-11-16/h3-10,14,27H,1,11-13H2,2H3,(H,28,30)(H,31,32)/b19-5-. The van der Waals surface area contributed by atoms with Gasteiger partial charge >= 0.3 is 0 Å². The number of H-pyrrole nitrogens is 2. The minimum atomic E-state index is -0.298. The summed E-state index contributed by atoms with van der Waals surface area (Å²) in [6.07, 6.45) is 6.64. The van der Waals surface area contributed by atoms with E-state index in [-0.39, 0.29) is 5.82 Å². The highest BCUT2D eigenvalue weighted by molar-refractivity contribution is 5.90. The van der Waals surface area contributed by atoms with Gasteiger partial charge in [0.25, 0.3) is 0 Å². The summed E-state index contributed by atoms with van der Waals surface area (Å²) in [5.74, 6) is 0.312. The Bertz CT molecular complexity index is 1370. The lowest BCUT2D eigenvalue weighted by molar-refractivity contribution is 0.627. The van der Waals surface area contributed by atoms with E-state index >= 15 is 0 Å². The molecule has 0 unspecified atom stereocenters. The monoisotopic (exact) mass is 426 g/mol. The number of halogens is 1. The van der Waals surface area contributed by atoms with Crippen molar-refractivity contribution < 1.29 is 4.39 Å². The molecule has 3 aromatic heterocycles. The Kier molecular flexibility index (Phi) is 5.25. The maximum atomic E-state index is 13.9. The molecule has 4 aromatic rings. The van der Waals surface area contributed by atoms with Crippen LogP contribution in [0.2, 0.25) is 0 Å². The Morgan fingerprint density at radius 3 is 2.88 bits per heavy atom. The van der Waals surface area contributed by atoms with Crippen LogP contribution in [-0.4, -0.2) is 38.2 Å². The van der Waals surface area contributed by atoms with Crippen LogP contribution in [0.15, 0.2) is 61.2 Å². The van der Waals surface area contributed by atoms with Crippen LogP contribution in [0.3, 0.4) is 0 Å². The van der Waals surface area contributed by atoms with E-state index in [1.165, 1.54) is 17.7 Å². The fraction of sp³-hybridized carbons (Fsp3) is 0.160. The molecule has 1 aliphatic heterocycles. The first kappa shape index (κ1) is 20.1. The quantitative estimate of drug-likeness (QED) is 0.401. The van der Waals surface area contributed by atoms with E-state index < -0.39 is 0 Å². The van der Waals surface area contributed by atoms with Crippen LogP contribution in [0.25, 0.3) is 33.7 Å². The second-order valence-corrected chi connectivity index (χ2v) is 7.73. The van der Waals surface area contributed by atoms with Gasteiger partial charge in [-0.25, -0.2) is 14.4 Å². The Labute approximate surface area is 185 Å². The molecule has 6 nitrogen and oxygen atoms in total. The highest BCUT2D eigenvalue weighted by atomic mass is 19.1. The zero-order chi connectivity index (χ0) is 22.1. The molecule has 7 heteroatoms. The summed E-state index contributed by atoms with van der Waals surface area (Å²) >= 11 is 0. The SMILES string of the molecule is C=C/C=C(/c1cccc(F)c1)c1nc(-c2n[nH]c3ccc(C4=CCNCC4)nc23)[nH]c1C. The molecule has 0 aliphatic carbocycles. The van der Waals surface area contributed by atoms with Gasteiger partial charge in [0.2, 0.25) is 0 Å². The molecular formula is C25H23FN6. The van der Waals surface area contributed by atoms with Crippen molar-refractivity contribution in [1.82, 2.24) is 30.5 Å². The van der Waals surface area contributed by atoms with Crippen molar-refractivity contribution in [2.75, 3.05) is 13.1 Å². The number of aromatic amines is 2. The van der Waals surface area contributed by atoms with Gasteiger partial charge in [-0.2, -0.15) is 5.10 Å². The lowest BCUT2D eigenvalue weighted by Gasteiger charge is -2.13. The van der Waals surface area contributed by atoms with Crippen LogP contribution in [-0.2, 0) is 0 Å². The van der Waals surface area contributed by atoms with Crippen LogP contribution >= 0.6 is 0 Å². The average Bonchev–Trinajstić information content (AvgIpc) is 3.41. The Hall–Kier alpha value is -3.84. The van der Waals surface area contributed by atoms with Crippen molar-refractivity contribution in [2.24, 2.45) is 0 Å². The van der Waals surface area contributed by atoms with Crippen molar-refractivity contribution in [2.45, 2.75) is 13.3 Å². The normalized spacial score (nSPS) is 14.6. The number of rotatable bonds is 5. The number of aryl methyl sites for hydroxylation is 1. The fourth-order valence-corrected chi connectivity index (χ4v) is 4.02. The summed E-state index contributed by atoms with van der Waals surface area (Å²) in [5, 5.41) is 10.9. The van der Waals surface area contributed by atoms with E-state index in [9.17, 15) is 4.39 Å². The fourth-order valence-electron chi connectivity index (χ4n) is 4.02. The van der Waals surface area contributed by atoms with Crippen molar-refractivity contribution in [3.63, 3.8) is 0 Å². The van der Waals surface area contributed by atoms with Crippen molar-refractivity contribution in [3.05, 3.63) is 89.7 Å². The first-order chi connectivity index (χ1) is 15.6. The van der Waals surface area contributed by atoms with Crippen LogP contribution < -0.4 is 5.32 Å². The molecule has 0 bridgehead atoms.